The molecule has 1 heterocycles. The SMILES string of the molecule is CC(=O)c1ccccc1NC(=O)CN1C(=O)NC(C)(c2ccccc2Br)C1=O. The zero-order chi connectivity index (χ0) is 20.5. The lowest BCUT2D eigenvalue weighted by atomic mass is 9.92. The van der Waals surface area contributed by atoms with Crippen LogP contribution in [-0.4, -0.2) is 35.1 Å². The van der Waals surface area contributed by atoms with Crippen molar-refractivity contribution < 1.29 is 19.2 Å². The Balaban J connectivity index is 1.79. The van der Waals surface area contributed by atoms with Gasteiger partial charge in [0.1, 0.15) is 12.1 Å². The summed E-state index contributed by atoms with van der Waals surface area (Å²) in [5, 5.41) is 5.25. The van der Waals surface area contributed by atoms with Crippen molar-refractivity contribution in [3.8, 4) is 0 Å². The van der Waals surface area contributed by atoms with Crippen LogP contribution in [0.3, 0.4) is 0 Å². The largest absolute Gasteiger partial charge is 0.325 e. The Morgan fingerprint density at radius 2 is 1.75 bits per heavy atom. The van der Waals surface area contributed by atoms with Crippen LogP contribution in [0.2, 0.25) is 0 Å². The maximum atomic E-state index is 12.9. The van der Waals surface area contributed by atoms with Gasteiger partial charge in [-0.3, -0.25) is 19.3 Å². The zero-order valence-electron chi connectivity index (χ0n) is 15.3. The fourth-order valence-corrected chi connectivity index (χ4v) is 3.80. The lowest BCUT2D eigenvalue weighted by molar-refractivity contribution is -0.133. The molecule has 0 spiro atoms. The maximum absolute atomic E-state index is 12.9. The number of para-hydroxylation sites is 1. The van der Waals surface area contributed by atoms with Gasteiger partial charge < -0.3 is 10.6 Å². The van der Waals surface area contributed by atoms with Crippen LogP contribution >= 0.6 is 15.9 Å². The smallest absolute Gasteiger partial charge is 0.324 e. The minimum absolute atomic E-state index is 0.201. The Morgan fingerprint density at radius 3 is 2.43 bits per heavy atom. The van der Waals surface area contributed by atoms with Crippen LogP contribution in [0.25, 0.3) is 0 Å². The van der Waals surface area contributed by atoms with Gasteiger partial charge in [-0.05, 0) is 32.0 Å². The summed E-state index contributed by atoms with van der Waals surface area (Å²) >= 11 is 3.39. The number of carbonyl (C=O) groups excluding carboxylic acids is 4. The lowest BCUT2D eigenvalue weighted by Gasteiger charge is -2.23. The van der Waals surface area contributed by atoms with E-state index in [-0.39, 0.29) is 5.78 Å². The molecular formula is C20H18BrN3O4. The second-order valence-electron chi connectivity index (χ2n) is 6.58. The van der Waals surface area contributed by atoms with E-state index < -0.39 is 29.9 Å². The Morgan fingerprint density at radius 1 is 1.11 bits per heavy atom. The maximum Gasteiger partial charge on any atom is 0.325 e. The van der Waals surface area contributed by atoms with E-state index in [1.807, 2.05) is 0 Å². The number of benzene rings is 2. The van der Waals surface area contributed by atoms with Crippen molar-refractivity contribution in [2.24, 2.45) is 0 Å². The van der Waals surface area contributed by atoms with Gasteiger partial charge in [-0.1, -0.05) is 46.3 Å². The Bertz CT molecular complexity index is 991. The highest BCUT2D eigenvalue weighted by atomic mass is 79.9. The molecule has 3 rings (SSSR count). The molecule has 2 aromatic rings. The fourth-order valence-electron chi connectivity index (χ4n) is 3.12. The molecule has 0 bridgehead atoms. The molecule has 0 aliphatic carbocycles. The van der Waals surface area contributed by atoms with E-state index in [1.54, 1.807) is 55.5 Å². The van der Waals surface area contributed by atoms with Crippen molar-refractivity contribution in [3.05, 3.63) is 64.1 Å². The summed E-state index contributed by atoms with van der Waals surface area (Å²) in [5.41, 5.74) is -0.000666. The van der Waals surface area contributed by atoms with Crippen LogP contribution in [0.15, 0.2) is 53.0 Å². The van der Waals surface area contributed by atoms with Crippen molar-refractivity contribution >= 4 is 45.2 Å². The number of anilines is 1. The normalized spacial score (nSPS) is 18.8. The Labute approximate surface area is 170 Å². The summed E-state index contributed by atoms with van der Waals surface area (Å²) in [7, 11) is 0. The van der Waals surface area contributed by atoms with Crippen molar-refractivity contribution in [2.75, 3.05) is 11.9 Å². The van der Waals surface area contributed by atoms with Gasteiger partial charge >= 0.3 is 6.03 Å². The first-order chi connectivity index (χ1) is 13.2. The van der Waals surface area contributed by atoms with Crippen LogP contribution in [0.4, 0.5) is 10.5 Å². The van der Waals surface area contributed by atoms with Crippen LogP contribution in [0.1, 0.15) is 29.8 Å². The summed E-state index contributed by atoms with van der Waals surface area (Å²) in [6, 6.07) is 13.0. The number of hydrogen-bond acceptors (Lipinski definition) is 4. The van der Waals surface area contributed by atoms with Gasteiger partial charge in [0, 0.05) is 15.6 Å². The number of nitrogens with zero attached hydrogens (tertiary/aromatic N) is 1. The molecule has 1 fully saturated rings. The molecule has 8 heteroatoms. The van der Waals surface area contributed by atoms with Crippen LogP contribution in [0.5, 0.6) is 0 Å². The monoisotopic (exact) mass is 443 g/mol. The number of ketones is 1. The first-order valence-electron chi connectivity index (χ1n) is 8.53. The molecule has 0 saturated carbocycles. The molecular weight excluding hydrogens is 426 g/mol. The molecule has 4 amide bonds. The Kier molecular flexibility index (Phi) is 5.33. The van der Waals surface area contributed by atoms with E-state index >= 15 is 0 Å². The van der Waals surface area contributed by atoms with Crippen LogP contribution in [0, 0.1) is 0 Å². The number of amides is 4. The van der Waals surface area contributed by atoms with Gasteiger partial charge in [0.15, 0.2) is 5.78 Å². The number of imide groups is 1. The molecule has 1 aliphatic rings. The van der Waals surface area contributed by atoms with E-state index in [9.17, 15) is 19.2 Å². The van der Waals surface area contributed by atoms with Gasteiger partial charge in [-0.15, -0.1) is 0 Å². The second kappa shape index (κ2) is 7.55. The predicted octanol–water partition coefficient (Wildman–Crippen LogP) is 3.06. The minimum atomic E-state index is -1.28. The molecule has 28 heavy (non-hydrogen) atoms. The predicted molar refractivity (Wildman–Crippen MR) is 107 cm³/mol. The minimum Gasteiger partial charge on any atom is -0.324 e. The highest BCUT2D eigenvalue weighted by Crippen LogP contribution is 2.33. The second-order valence-corrected chi connectivity index (χ2v) is 7.43. The number of nitrogens with one attached hydrogen (secondary N) is 2. The van der Waals surface area contributed by atoms with Gasteiger partial charge in [0.2, 0.25) is 5.91 Å². The molecule has 0 radical (unpaired) electrons. The zero-order valence-corrected chi connectivity index (χ0v) is 16.9. The third-order valence-electron chi connectivity index (χ3n) is 4.57. The number of rotatable bonds is 5. The summed E-state index contributed by atoms with van der Waals surface area (Å²) in [5.74, 6) is -1.31. The molecule has 1 aliphatic heterocycles. The number of carbonyl (C=O) groups is 4. The van der Waals surface area contributed by atoms with Gasteiger partial charge in [-0.25, -0.2) is 4.79 Å². The molecule has 144 valence electrons. The van der Waals surface area contributed by atoms with Crippen molar-refractivity contribution in [1.29, 1.82) is 0 Å². The molecule has 1 unspecified atom stereocenters. The number of Topliss-reactive ketones (excluding diaryl/α,β-unsaturated/α-hetero) is 1. The van der Waals surface area contributed by atoms with Crippen molar-refractivity contribution in [1.82, 2.24) is 10.2 Å². The summed E-state index contributed by atoms with van der Waals surface area (Å²) in [6.07, 6.45) is 0. The first kappa shape index (κ1) is 19.8. The van der Waals surface area contributed by atoms with Crippen LogP contribution < -0.4 is 10.6 Å². The quantitative estimate of drug-likeness (QED) is 0.548. The average Bonchev–Trinajstić information content (AvgIpc) is 2.86. The van der Waals surface area contributed by atoms with E-state index in [1.165, 1.54) is 6.92 Å². The molecule has 1 saturated heterocycles. The van der Waals surface area contributed by atoms with Crippen molar-refractivity contribution in [3.63, 3.8) is 0 Å². The van der Waals surface area contributed by atoms with Gasteiger partial charge in [0.25, 0.3) is 5.91 Å². The van der Waals surface area contributed by atoms with E-state index in [0.717, 1.165) is 4.90 Å². The molecule has 1 atom stereocenters. The third kappa shape index (κ3) is 3.55. The summed E-state index contributed by atoms with van der Waals surface area (Å²) < 4.78 is 0.674. The first-order valence-corrected chi connectivity index (χ1v) is 9.32. The topological polar surface area (TPSA) is 95.6 Å². The molecule has 2 aromatic carbocycles. The van der Waals surface area contributed by atoms with Crippen molar-refractivity contribution in [2.45, 2.75) is 19.4 Å². The molecule has 2 N–H and O–H groups in total. The summed E-state index contributed by atoms with van der Waals surface area (Å²) in [6.45, 7) is 2.53. The van der Waals surface area contributed by atoms with Gasteiger partial charge in [0.05, 0.1) is 5.69 Å². The van der Waals surface area contributed by atoms with E-state index in [4.69, 9.17) is 0 Å². The fraction of sp³-hybridized carbons (Fsp3) is 0.200. The molecule has 0 aromatic heterocycles. The number of hydrogen-bond donors (Lipinski definition) is 2. The van der Waals surface area contributed by atoms with Gasteiger partial charge in [-0.2, -0.15) is 0 Å². The standard InChI is InChI=1S/C20H18BrN3O4/c1-12(25)13-7-3-6-10-16(13)22-17(26)11-24-18(27)20(2,23-19(24)28)14-8-4-5-9-15(14)21/h3-10H,11H2,1-2H3,(H,22,26)(H,23,28). The number of halogens is 1. The highest BCUT2D eigenvalue weighted by molar-refractivity contribution is 9.10. The lowest BCUT2D eigenvalue weighted by Crippen LogP contribution is -2.42. The highest BCUT2D eigenvalue weighted by Gasteiger charge is 2.50. The average molecular weight is 444 g/mol. The molecule has 7 nitrogen and oxygen atoms in total. The Hall–Kier alpha value is -3.00. The summed E-state index contributed by atoms with van der Waals surface area (Å²) in [4.78, 5) is 50.3. The third-order valence-corrected chi connectivity index (χ3v) is 5.26. The van der Waals surface area contributed by atoms with E-state index in [0.29, 0.717) is 21.3 Å². The number of urea groups is 1. The van der Waals surface area contributed by atoms with Crippen LogP contribution in [-0.2, 0) is 15.1 Å². The van der Waals surface area contributed by atoms with E-state index in [2.05, 4.69) is 26.6 Å².